The maximum atomic E-state index is 12.4. The maximum absolute atomic E-state index is 12.4. The molecule has 120 valence electrons. The first kappa shape index (κ1) is 15.0. The van der Waals surface area contributed by atoms with Crippen LogP contribution in [0.25, 0.3) is 0 Å². The van der Waals surface area contributed by atoms with Crippen LogP contribution in [0.1, 0.15) is 28.4 Å². The minimum atomic E-state index is -0.557. The number of phenols is 2. The van der Waals surface area contributed by atoms with Gasteiger partial charge in [0.2, 0.25) is 0 Å². The molecule has 2 aromatic carbocycles. The van der Waals surface area contributed by atoms with Crippen molar-refractivity contribution in [1.82, 2.24) is 0 Å². The molecule has 1 unspecified atom stereocenters. The fraction of sp³-hybridized carbons (Fsp3) is 0.235. The van der Waals surface area contributed by atoms with E-state index in [-0.39, 0.29) is 35.2 Å². The molecule has 1 heterocycles. The fourth-order valence-electron chi connectivity index (χ4n) is 2.66. The van der Waals surface area contributed by atoms with Crippen molar-refractivity contribution in [3.8, 4) is 28.7 Å². The van der Waals surface area contributed by atoms with Crippen molar-refractivity contribution in [2.24, 2.45) is 0 Å². The van der Waals surface area contributed by atoms with Gasteiger partial charge in [-0.15, -0.1) is 0 Å². The van der Waals surface area contributed by atoms with Crippen LogP contribution in [0, 0.1) is 0 Å². The van der Waals surface area contributed by atoms with Gasteiger partial charge in [-0.3, -0.25) is 4.79 Å². The molecule has 6 heteroatoms. The van der Waals surface area contributed by atoms with Crippen molar-refractivity contribution in [1.29, 1.82) is 0 Å². The van der Waals surface area contributed by atoms with Gasteiger partial charge in [0.15, 0.2) is 17.3 Å². The Kier molecular flexibility index (Phi) is 3.73. The third-order valence-electron chi connectivity index (χ3n) is 3.76. The number of benzene rings is 2. The summed E-state index contributed by atoms with van der Waals surface area (Å²) in [7, 11) is 2.89. The Bertz CT molecular complexity index is 768. The molecular weight excluding hydrogens is 300 g/mol. The summed E-state index contributed by atoms with van der Waals surface area (Å²) in [4.78, 5) is 12.4. The minimum absolute atomic E-state index is 0.0275. The largest absolute Gasteiger partial charge is 0.508 e. The smallest absolute Gasteiger partial charge is 0.174 e. The highest BCUT2D eigenvalue weighted by molar-refractivity contribution is 6.02. The summed E-state index contributed by atoms with van der Waals surface area (Å²) in [6.45, 7) is 0. The lowest BCUT2D eigenvalue weighted by atomic mass is 9.95. The summed E-state index contributed by atoms with van der Waals surface area (Å²) in [5.74, 6) is 0.658. The van der Waals surface area contributed by atoms with Gasteiger partial charge in [0.1, 0.15) is 28.9 Å². The Morgan fingerprint density at radius 1 is 1.09 bits per heavy atom. The van der Waals surface area contributed by atoms with Crippen LogP contribution in [0.4, 0.5) is 0 Å². The van der Waals surface area contributed by atoms with Crippen LogP contribution in [0.5, 0.6) is 28.7 Å². The van der Waals surface area contributed by atoms with Crippen molar-refractivity contribution in [2.45, 2.75) is 12.5 Å². The SMILES string of the molecule is COc1ccc(C2CC(=O)c3c(OC)cc(O)cc3O2)cc1O. The quantitative estimate of drug-likeness (QED) is 0.905. The number of aromatic hydroxyl groups is 2. The molecule has 0 saturated heterocycles. The predicted octanol–water partition coefficient (Wildman–Crippen LogP) is 2.82. The van der Waals surface area contributed by atoms with Crippen LogP contribution < -0.4 is 14.2 Å². The van der Waals surface area contributed by atoms with Gasteiger partial charge in [-0.25, -0.2) is 0 Å². The van der Waals surface area contributed by atoms with Crippen LogP contribution in [0.3, 0.4) is 0 Å². The summed E-state index contributed by atoms with van der Waals surface area (Å²) in [5, 5.41) is 19.6. The van der Waals surface area contributed by atoms with E-state index in [1.165, 1.54) is 32.4 Å². The molecule has 2 N–H and O–H groups in total. The highest BCUT2D eigenvalue weighted by Gasteiger charge is 2.31. The van der Waals surface area contributed by atoms with Gasteiger partial charge in [0.05, 0.1) is 20.6 Å². The first-order chi connectivity index (χ1) is 11.0. The van der Waals surface area contributed by atoms with E-state index in [4.69, 9.17) is 14.2 Å². The fourth-order valence-corrected chi connectivity index (χ4v) is 2.66. The summed E-state index contributed by atoms with van der Waals surface area (Å²) in [6.07, 6.45) is -0.446. The third-order valence-corrected chi connectivity index (χ3v) is 3.76. The average Bonchev–Trinajstić information content (AvgIpc) is 2.53. The third kappa shape index (κ3) is 2.63. The van der Waals surface area contributed by atoms with E-state index in [1.807, 2.05) is 0 Å². The molecule has 0 radical (unpaired) electrons. The second-order valence-corrected chi connectivity index (χ2v) is 5.19. The number of Topliss-reactive ketones (excluding diaryl/α,β-unsaturated/α-hetero) is 1. The summed E-state index contributed by atoms with van der Waals surface area (Å²) >= 11 is 0. The number of fused-ring (bicyclic) bond motifs is 1. The number of methoxy groups -OCH3 is 2. The van der Waals surface area contributed by atoms with Crippen molar-refractivity contribution in [2.75, 3.05) is 14.2 Å². The Labute approximate surface area is 132 Å². The molecule has 0 spiro atoms. The van der Waals surface area contributed by atoms with Crippen molar-refractivity contribution in [3.63, 3.8) is 0 Å². The molecule has 0 saturated carbocycles. The van der Waals surface area contributed by atoms with Crippen LogP contribution in [-0.2, 0) is 0 Å². The van der Waals surface area contributed by atoms with Gasteiger partial charge in [0.25, 0.3) is 0 Å². The number of ether oxygens (including phenoxy) is 3. The lowest BCUT2D eigenvalue weighted by Crippen LogP contribution is -2.21. The van der Waals surface area contributed by atoms with E-state index in [1.54, 1.807) is 12.1 Å². The monoisotopic (exact) mass is 316 g/mol. The van der Waals surface area contributed by atoms with Gasteiger partial charge in [-0.2, -0.15) is 0 Å². The van der Waals surface area contributed by atoms with E-state index in [2.05, 4.69) is 0 Å². The van der Waals surface area contributed by atoms with Crippen LogP contribution in [0.2, 0.25) is 0 Å². The molecule has 2 aromatic rings. The topological polar surface area (TPSA) is 85.2 Å². The highest BCUT2D eigenvalue weighted by atomic mass is 16.5. The molecule has 0 aliphatic carbocycles. The van der Waals surface area contributed by atoms with Gasteiger partial charge in [-0.1, -0.05) is 6.07 Å². The molecule has 0 fully saturated rings. The normalized spacial score (nSPS) is 16.4. The Morgan fingerprint density at radius 2 is 1.83 bits per heavy atom. The van der Waals surface area contributed by atoms with Crippen molar-refractivity contribution < 1.29 is 29.2 Å². The van der Waals surface area contributed by atoms with E-state index >= 15 is 0 Å². The number of ketones is 1. The van der Waals surface area contributed by atoms with E-state index < -0.39 is 6.10 Å². The van der Waals surface area contributed by atoms with Crippen molar-refractivity contribution in [3.05, 3.63) is 41.5 Å². The molecule has 0 bridgehead atoms. The first-order valence-electron chi connectivity index (χ1n) is 7.01. The second kappa shape index (κ2) is 5.72. The summed E-state index contributed by atoms with van der Waals surface area (Å²) in [6, 6.07) is 7.59. The lowest BCUT2D eigenvalue weighted by molar-refractivity contribution is 0.0844. The number of hydrogen-bond donors (Lipinski definition) is 2. The summed E-state index contributed by atoms with van der Waals surface area (Å²) < 4.78 is 16.0. The predicted molar refractivity (Wildman–Crippen MR) is 81.6 cm³/mol. The molecule has 3 rings (SSSR count). The second-order valence-electron chi connectivity index (χ2n) is 5.19. The van der Waals surface area contributed by atoms with Gasteiger partial charge >= 0.3 is 0 Å². The molecule has 0 aromatic heterocycles. The molecule has 6 nitrogen and oxygen atoms in total. The average molecular weight is 316 g/mol. The van der Waals surface area contributed by atoms with Gasteiger partial charge < -0.3 is 24.4 Å². The summed E-state index contributed by atoms with van der Waals surface area (Å²) in [5.41, 5.74) is 0.962. The minimum Gasteiger partial charge on any atom is -0.508 e. The zero-order valence-electron chi connectivity index (χ0n) is 12.7. The maximum Gasteiger partial charge on any atom is 0.174 e. The number of rotatable bonds is 3. The highest BCUT2D eigenvalue weighted by Crippen LogP contribution is 2.42. The Hall–Kier alpha value is -2.89. The number of carbonyl (C=O) groups is 1. The van der Waals surface area contributed by atoms with Gasteiger partial charge in [-0.05, 0) is 17.7 Å². The number of hydrogen-bond acceptors (Lipinski definition) is 6. The molecule has 1 atom stereocenters. The molecule has 23 heavy (non-hydrogen) atoms. The zero-order chi connectivity index (χ0) is 16.6. The molecule has 0 amide bonds. The van der Waals surface area contributed by atoms with Gasteiger partial charge in [0, 0.05) is 12.1 Å². The zero-order valence-corrected chi connectivity index (χ0v) is 12.7. The number of phenolic OH excluding ortho intramolecular Hbond substituents is 2. The molecular formula is C17H16O6. The Balaban J connectivity index is 1.99. The first-order valence-corrected chi connectivity index (χ1v) is 7.01. The Morgan fingerprint density at radius 3 is 2.48 bits per heavy atom. The van der Waals surface area contributed by atoms with E-state index in [0.29, 0.717) is 16.9 Å². The van der Waals surface area contributed by atoms with Crippen molar-refractivity contribution >= 4 is 5.78 Å². The standard InChI is InChI=1S/C17H16O6/c1-21-13-4-3-9(5-11(13)19)14-8-12(20)17-15(22-2)6-10(18)7-16(17)23-14/h3-7,14,18-19H,8H2,1-2H3. The van der Waals surface area contributed by atoms with Crippen LogP contribution in [-0.4, -0.2) is 30.2 Å². The molecule has 1 aliphatic heterocycles. The lowest BCUT2D eigenvalue weighted by Gasteiger charge is -2.27. The van der Waals surface area contributed by atoms with Crippen LogP contribution in [0.15, 0.2) is 30.3 Å². The number of carbonyl (C=O) groups excluding carboxylic acids is 1. The van der Waals surface area contributed by atoms with E-state index in [9.17, 15) is 15.0 Å². The molecule has 1 aliphatic rings. The van der Waals surface area contributed by atoms with Crippen LogP contribution >= 0.6 is 0 Å². The van der Waals surface area contributed by atoms with E-state index in [0.717, 1.165) is 0 Å².